The smallest absolute Gasteiger partial charge is 0.0625 e. The van der Waals surface area contributed by atoms with Crippen LogP contribution in [0.3, 0.4) is 0 Å². The molecule has 0 aliphatic carbocycles. The molecule has 0 radical (unpaired) electrons. The van der Waals surface area contributed by atoms with Gasteiger partial charge in [0, 0.05) is 26.7 Å². The van der Waals surface area contributed by atoms with E-state index in [1.165, 1.54) is 5.69 Å². The lowest BCUT2D eigenvalue weighted by Gasteiger charge is -2.10. The average molecular weight is 254 g/mol. The van der Waals surface area contributed by atoms with Gasteiger partial charge >= 0.3 is 0 Å². The molecular weight excluding hydrogens is 228 g/mol. The van der Waals surface area contributed by atoms with E-state index in [0.717, 1.165) is 45.0 Å². The molecule has 1 N–H and O–H groups in total. The molecular formula is C13H26N4O. The molecule has 0 fully saturated rings. The highest BCUT2D eigenvalue weighted by molar-refractivity contribution is 5.09. The topological polar surface area (TPSA) is 42.3 Å². The molecule has 0 bridgehead atoms. The Morgan fingerprint density at radius 3 is 2.78 bits per heavy atom. The predicted octanol–water partition coefficient (Wildman–Crippen LogP) is 0.650. The Kier molecular flexibility index (Phi) is 6.93. The van der Waals surface area contributed by atoms with Crippen molar-refractivity contribution >= 4 is 0 Å². The summed E-state index contributed by atoms with van der Waals surface area (Å²) in [5, 5.41) is 7.79. The van der Waals surface area contributed by atoms with E-state index in [2.05, 4.69) is 42.4 Å². The third kappa shape index (κ3) is 5.62. The fraction of sp³-hybridized carbons (Fsp3) is 0.769. The largest absolute Gasteiger partial charge is 0.379 e. The molecule has 0 atom stereocenters. The lowest BCUT2D eigenvalue weighted by atomic mass is 10.3. The van der Waals surface area contributed by atoms with E-state index in [1.54, 1.807) is 0 Å². The van der Waals surface area contributed by atoms with E-state index in [9.17, 15) is 0 Å². The van der Waals surface area contributed by atoms with Gasteiger partial charge in [0.05, 0.1) is 24.6 Å². The van der Waals surface area contributed by atoms with Gasteiger partial charge in [-0.15, -0.1) is 0 Å². The zero-order chi connectivity index (χ0) is 13.4. The van der Waals surface area contributed by atoms with Crippen molar-refractivity contribution in [3.63, 3.8) is 0 Å². The first-order valence-corrected chi connectivity index (χ1v) is 6.58. The molecule has 0 aromatic carbocycles. The summed E-state index contributed by atoms with van der Waals surface area (Å²) >= 11 is 0. The minimum absolute atomic E-state index is 0.756. The summed E-state index contributed by atoms with van der Waals surface area (Å²) in [7, 11) is 6.09. The van der Waals surface area contributed by atoms with Crippen LogP contribution in [-0.2, 0) is 24.8 Å². The zero-order valence-electron chi connectivity index (χ0n) is 12.1. The first-order valence-electron chi connectivity index (χ1n) is 6.58. The summed E-state index contributed by atoms with van der Waals surface area (Å²) < 4.78 is 7.46. The van der Waals surface area contributed by atoms with Gasteiger partial charge in [-0.2, -0.15) is 5.10 Å². The van der Waals surface area contributed by atoms with Gasteiger partial charge in [0.2, 0.25) is 0 Å². The molecule has 104 valence electrons. The molecule has 1 aromatic rings. The van der Waals surface area contributed by atoms with Gasteiger partial charge in [-0.1, -0.05) is 6.92 Å². The van der Waals surface area contributed by atoms with Crippen molar-refractivity contribution in [3.8, 4) is 0 Å². The maximum absolute atomic E-state index is 5.51. The van der Waals surface area contributed by atoms with Crippen LogP contribution in [-0.4, -0.2) is 55.1 Å². The van der Waals surface area contributed by atoms with Gasteiger partial charge in [-0.05, 0) is 26.6 Å². The molecule has 1 heterocycles. The van der Waals surface area contributed by atoms with Crippen LogP contribution in [0.5, 0.6) is 0 Å². The molecule has 0 aliphatic rings. The third-order valence-corrected chi connectivity index (χ3v) is 2.80. The van der Waals surface area contributed by atoms with Crippen molar-refractivity contribution < 1.29 is 4.74 Å². The van der Waals surface area contributed by atoms with Crippen molar-refractivity contribution in [2.75, 3.05) is 40.4 Å². The van der Waals surface area contributed by atoms with E-state index >= 15 is 0 Å². The van der Waals surface area contributed by atoms with Gasteiger partial charge in [-0.3, -0.25) is 4.68 Å². The third-order valence-electron chi connectivity index (χ3n) is 2.80. The maximum atomic E-state index is 5.51. The Labute approximate surface area is 110 Å². The lowest BCUT2D eigenvalue weighted by Crippen LogP contribution is -2.23. The summed E-state index contributed by atoms with van der Waals surface area (Å²) in [4.78, 5) is 2.12. The van der Waals surface area contributed by atoms with Crippen LogP contribution in [0.1, 0.15) is 18.3 Å². The fourth-order valence-electron chi connectivity index (χ4n) is 1.62. The number of hydrogen-bond donors (Lipinski definition) is 1. The van der Waals surface area contributed by atoms with Crippen LogP contribution in [0.2, 0.25) is 0 Å². The van der Waals surface area contributed by atoms with Gasteiger partial charge < -0.3 is 15.0 Å². The highest BCUT2D eigenvalue weighted by atomic mass is 16.5. The number of aryl methyl sites for hydroxylation is 2. The quantitative estimate of drug-likeness (QED) is 0.657. The average Bonchev–Trinajstić information content (AvgIpc) is 2.68. The summed E-state index contributed by atoms with van der Waals surface area (Å²) in [6.45, 7) is 6.37. The number of ether oxygens (including phenoxy) is 1. The summed E-state index contributed by atoms with van der Waals surface area (Å²) in [5.74, 6) is 0. The standard InChI is InChI=1S/C13H26N4O/c1-5-12-10-13(17(4)15-12)11-14-6-8-18-9-7-16(2)3/h10,14H,5-9,11H2,1-4H3. The van der Waals surface area contributed by atoms with Gasteiger partial charge in [0.1, 0.15) is 0 Å². The normalized spacial score (nSPS) is 11.4. The van der Waals surface area contributed by atoms with Crippen molar-refractivity contribution in [2.24, 2.45) is 7.05 Å². The fourth-order valence-corrected chi connectivity index (χ4v) is 1.62. The van der Waals surface area contributed by atoms with Crippen LogP contribution in [0.15, 0.2) is 6.07 Å². The number of nitrogens with zero attached hydrogens (tertiary/aromatic N) is 3. The Bertz CT molecular complexity index is 336. The van der Waals surface area contributed by atoms with Crippen LogP contribution in [0, 0.1) is 0 Å². The van der Waals surface area contributed by atoms with Gasteiger partial charge in [0.25, 0.3) is 0 Å². The van der Waals surface area contributed by atoms with E-state index in [4.69, 9.17) is 4.74 Å². The van der Waals surface area contributed by atoms with E-state index < -0.39 is 0 Å². The molecule has 1 aromatic heterocycles. The Morgan fingerprint density at radius 2 is 2.17 bits per heavy atom. The second-order valence-electron chi connectivity index (χ2n) is 4.70. The van der Waals surface area contributed by atoms with Crippen molar-refractivity contribution in [2.45, 2.75) is 19.9 Å². The van der Waals surface area contributed by atoms with E-state index in [0.29, 0.717) is 0 Å². The molecule has 18 heavy (non-hydrogen) atoms. The Morgan fingerprint density at radius 1 is 1.39 bits per heavy atom. The molecule has 0 saturated carbocycles. The van der Waals surface area contributed by atoms with Crippen LogP contribution < -0.4 is 5.32 Å². The summed E-state index contributed by atoms with van der Waals surface area (Å²) in [5.41, 5.74) is 2.37. The van der Waals surface area contributed by atoms with Gasteiger partial charge in [-0.25, -0.2) is 0 Å². The van der Waals surface area contributed by atoms with Gasteiger partial charge in [0.15, 0.2) is 0 Å². The number of nitrogens with one attached hydrogen (secondary N) is 1. The highest BCUT2D eigenvalue weighted by Crippen LogP contribution is 2.02. The highest BCUT2D eigenvalue weighted by Gasteiger charge is 2.02. The maximum Gasteiger partial charge on any atom is 0.0625 e. The second kappa shape index (κ2) is 8.24. The second-order valence-corrected chi connectivity index (χ2v) is 4.70. The lowest BCUT2D eigenvalue weighted by molar-refractivity contribution is 0.119. The van der Waals surface area contributed by atoms with Crippen molar-refractivity contribution in [1.82, 2.24) is 20.0 Å². The zero-order valence-corrected chi connectivity index (χ0v) is 12.1. The first kappa shape index (κ1) is 15.1. The predicted molar refractivity (Wildman–Crippen MR) is 73.7 cm³/mol. The summed E-state index contributed by atoms with van der Waals surface area (Å²) in [6, 6.07) is 2.15. The first-order chi connectivity index (χ1) is 8.63. The van der Waals surface area contributed by atoms with Crippen molar-refractivity contribution in [1.29, 1.82) is 0 Å². The Balaban J connectivity index is 2.08. The summed E-state index contributed by atoms with van der Waals surface area (Å²) in [6.07, 6.45) is 0.988. The molecule has 5 heteroatoms. The van der Waals surface area contributed by atoms with Crippen molar-refractivity contribution in [3.05, 3.63) is 17.5 Å². The van der Waals surface area contributed by atoms with Crippen LogP contribution in [0.25, 0.3) is 0 Å². The van der Waals surface area contributed by atoms with Crippen LogP contribution >= 0.6 is 0 Å². The van der Waals surface area contributed by atoms with E-state index in [1.807, 2.05) is 11.7 Å². The molecule has 0 aliphatic heterocycles. The number of hydrogen-bond acceptors (Lipinski definition) is 4. The molecule has 5 nitrogen and oxygen atoms in total. The minimum atomic E-state index is 0.756. The molecule has 0 amide bonds. The molecule has 1 rings (SSSR count). The monoisotopic (exact) mass is 254 g/mol. The SMILES string of the molecule is CCc1cc(CNCCOCCN(C)C)n(C)n1. The molecule has 0 saturated heterocycles. The minimum Gasteiger partial charge on any atom is -0.379 e. The molecule has 0 spiro atoms. The van der Waals surface area contributed by atoms with E-state index in [-0.39, 0.29) is 0 Å². The number of rotatable bonds is 9. The number of aromatic nitrogens is 2. The number of likely N-dealkylation sites (N-methyl/N-ethyl adjacent to an activating group) is 1. The molecule has 0 unspecified atom stereocenters. The Hall–Kier alpha value is -0.910. The van der Waals surface area contributed by atoms with Crippen LogP contribution in [0.4, 0.5) is 0 Å².